The Bertz CT molecular complexity index is 701. The van der Waals surface area contributed by atoms with Crippen molar-refractivity contribution in [2.45, 2.75) is 43.0 Å². The van der Waals surface area contributed by atoms with Crippen molar-refractivity contribution in [1.29, 1.82) is 0 Å². The van der Waals surface area contributed by atoms with Crippen LogP contribution >= 0.6 is 12.4 Å². The van der Waals surface area contributed by atoms with E-state index in [-0.39, 0.29) is 34.8 Å². The van der Waals surface area contributed by atoms with E-state index in [1.807, 2.05) is 0 Å². The van der Waals surface area contributed by atoms with Gasteiger partial charge >= 0.3 is 0 Å². The molecule has 1 amide bonds. The molecule has 1 unspecified atom stereocenters. The molecule has 1 saturated heterocycles. The molecule has 0 bridgehead atoms. The largest absolute Gasteiger partial charge is 0.350 e. The van der Waals surface area contributed by atoms with Gasteiger partial charge in [-0.25, -0.2) is 8.42 Å². The highest BCUT2D eigenvalue weighted by molar-refractivity contribution is 7.89. The fourth-order valence-corrected chi connectivity index (χ4v) is 4.83. The van der Waals surface area contributed by atoms with Crippen LogP contribution in [0.4, 0.5) is 0 Å². The standard InChI is InChI=1S/C17H25N3O3S.ClH/c18-15(13-8-9-13)12-19-17(21)14-6-2-3-7-16(14)24(22,23)20-10-4-1-5-11-20;/h2-3,6-7,13,15H,1,4-5,8-12,18H2,(H,19,21);1H. The summed E-state index contributed by atoms with van der Waals surface area (Å²) in [6.07, 6.45) is 4.99. The molecule has 0 aromatic heterocycles. The van der Waals surface area contributed by atoms with Crippen LogP contribution in [0.5, 0.6) is 0 Å². The molecule has 6 nitrogen and oxygen atoms in total. The van der Waals surface area contributed by atoms with Crippen LogP contribution in [-0.4, -0.2) is 44.3 Å². The molecule has 8 heteroatoms. The van der Waals surface area contributed by atoms with Gasteiger partial charge in [0.05, 0.1) is 10.5 Å². The third-order valence-corrected chi connectivity index (χ3v) is 6.75. The second kappa shape index (κ2) is 8.49. The van der Waals surface area contributed by atoms with Crippen LogP contribution in [0.3, 0.4) is 0 Å². The first-order valence-electron chi connectivity index (χ1n) is 8.63. The third kappa shape index (κ3) is 4.73. The van der Waals surface area contributed by atoms with Gasteiger partial charge in [-0.3, -0.25) is 4.79 Å². The maximum atomic E-state index is 12.9. The van der Waals surface area contributed by atoms with E-state index >= 15 is 0 Å². The van der Waals surface area contributed by atoms with Crippen molar-refractivity contribution < 1.29 is 13.2 Å². The van der Waals surface area contributed by atoms with Crippen LogP contribution in [0.2, 0.25) is 0 Å². The normalized spacial score (nSPS) is 19.7. The number of nitrogens with zero attached hydrogens (tertiary/aromatic N) is 1. The number of hydrogen-bond acceptors (Lipinski definition) is 4. The summed E-state index contributed by atoms with van der Waals surface area (Å²) in [5.41, 5.74) is 6.20. The Hall–Kier alpha value is -1.15. The van der Waals surface area contributed by atoms with Crippen molar-refractivity contribution in [3.8, 4) is 0 Å². The quantitative estimate of drug-likeness (QED) is 0.777. The first kappa shape index (κ1) is 20.2. The summed E-state index contributed by atoms with van der Waals surface area (Å²) in [5, 5.41) is 2.79. The molecule has 0 spiro atoms. The van der Waals surface area contributed by atoms with E-state index in [1.54, 1.807) is 18.2 Å². The maximum absolute atomic E-state index is 12.9. The second-order valence-electron chi connectivity index (χ2n) is 6.67. The van der Waals surface area contributed by atoms with Crippen molar-refractivity contribution >= 4 is 28.3 Å². The summed E-state index contributed by atoms with van der Waals surface area (Å²) in [6, 6.07) is 6.36. The van der Waals surface area contributed by atoms with Gasteiger partial charge in [0.2, 0.25) is 10.0 Å². The maximum Gasteiger partial charge on any atom is 0.252 e. The summed E-state index contributed by atoms with van der Waals surface area (Å²) in [6.45, 7) is 1.41. The smallest absolute Gasteiger partial charge is 0.252 e. The van der Waals surface area contributed by atoms with E-state index in [0.29, 0.717) is 25.6 Å². The summed E-state index contributed by atoms with van der Waals surface area (Å²) in [5.74, 6) is 0.111. The average Bonchev–Trinajstić information content (AvgIpc) is 3.45. The molecule has 1 heterocycles. The van der Waals surface area contributed by atoms with Gasteiger partial charge < -0.3 is 11.1 Å². The Labute approximate surface area is 155 Å². The molecular weight excluding hydrogens is 362 g/mol. The first-order valence-corrected chi connectivity index (χ1v) is 10.1. The zero-order valence-electron chi connectivity index (χ0n) is 14.2. The molecule has 1 saturated carbocycles. The molecule has 0 radical (unpaired) electrons. The Kier molecular flexibility index (Phi) is 6.85. The molecule has 3 N–H and O–H groups in total. The Morgan fingerprint density at radius 1 is 1.20 bits per heavy atom. The molecule has 1 aliphatic carbocycles. The van der Waals surface area contributed by atoms with Crippen LogP contribution in [0, 0.1) is 5.92 Å². The highest BCUT2D eigenvalue weighted by Gasteiger charge is 2.31. The second-order valence-corrected chi connectivity index (χ2v) is 8.58. The fourth-order valence-electron chi connectivity index (χ4n) is 3.12. The number of halogens is 1. The number of amides is 1. The van der Waals surface area contributed by atoms with Crippen LogP contribution in [0.1, 0.15) is 42.5 Å². The number of nitrogens with one attached hydrogen (secondary N) is 1. The Morgan fingerprint density at radius 2 is 1.84 bits per heavy atom. The topological polar surface area (TPSA) is 92.5 Å². The number of carbonyl (C=O) groups is 1. The van der Waals surface area contributed by atoms with E-state index in [9.17, 15) is 13.2 Å². The Morgan fingerprint density at radius 3 is 2.48 bits per heavy atom. The van der Waals surface area contributed by atoms with Crippen LogP contribution in [-0.2, 0) is 10.0 Å². The number of hydrogen-bond donors (Lipinski definition) is 2. The van der Waals surface area contributed by atoms with Crippen LogP contribution in [0.25, 0.3) is 0 Å². The number of rotatable bonds is 6. The Balaban J connectivity index is 0.00000225. The van der Waals surface area contributed by atoms with Crippen molar-refractivity contribution in [2.75, 3.05) is 19.6 Å². The van der Waals surface area contributed by atoms with Gasteiger partial charge in [-0.15, -0.1) is 12.4 Å². The van der Waals surface area contributed by atoms with Gasteiger partial charge in [0.15, 0.2) is 0 Å². The zero-order valence-corrected chi connectivity index (χ0v) is 15.8. The van der Waals surface area contributed by atoms with Gasteiger partial charge in [-0.2, -0.15) is 4.31 Å². The van der Waals surface area contributed by atoms with E-state index in [4.69, 9.17) is 5.73 Å². The van der Waals surface area contributed by atoms with Crippen molar-refractivity contribution in [3.05, 3.63) is 29.8 Å². The van der Waals surface area contributed by atoms with Crippen molar-refractivity contribution in [3.63, 3.8) is 0 Å². The van der Waals surface area contributed by atoms with Gasteiger partial charge in [0.1, 0.15) is 0 Å². The zero-order chi connectivity index (χ0) is 17.2. The molecule has 3 rings (SSSR count). The lowest BCUT2D eigenvalue weighted by atomic mass is 10.2. The minimum Gasteiger partial charge on any atom is -0.350 e. The number of sulfonamides is 1. The molecule has 2 aliphatic rings. The van der Waals surface area contributed by atoms with Gasteiger partial charge in [-0.1, -0.05) is 18.6 Å². The van der Waals surface area contributed by atoms with Gasteiger partial charge in [0.25, 0.3) is 5.91 Å². The minimum atomic E-state index is -3.64. The van der Waals surface area contributed by atoms with Crippen LogP contribution < -0.4 is 11.1 Å². The van der Waals surface area contributed by atoms with Gasteiger partial charge in [-0.05, 0) is 43.7 Å². The number of piperidine rings is 1. The first-order chi connectivity index (χ1) is 11.5. The lowest BCUT2D eigenvalue weighted by Crippen LogP contribution is -2.40. The average molecular weight is 388 g/mol. The molecule has 1 aromatic rings. The summed E-state index contributed by atoms with van der Waals surface area (Å²) in [7, 11) is -3.64. The number of nitrogens with two attached hydrogens (primary N) is 1. The van der Waals surface area contributed by atoms with Gasteiger partial charge in [0, 0.05) is 25.7 Å². The molecule has 1 aromatic carbocycles. The van der Waals surface area contributed by atoms with E-state index in [1.165, 1.54) is 10.4 Å². The lowest BCUT2D eigenvalue weighted by molar-refractivity contribution is 0.0946. The lowest BCUT2D eigenvalue weighted by Gasteiger charge is -2.26. The molecule has 140 valence electrons. The third-order valence-electron chi connectivity index (χ3n) is 4.79. The number of benzene rings is 1. The predicted molar refractivity (Wildman–Crippen MR) is 99.3 cm³/mol. The highest BCUT2D eigenvalue weighted by Crippen LogP contribution is 2.31. The van der Waals surface area contributed by atoms with Crippen LogP contribution in [0.15, 0.2) is 29.2 Å². The summed E-state index contributed by atoms with van der Waals surface area (Å²) in [4.78, 5) is 12.6. The van der Waals surface area contributed by atoms with Crippen molar-refractivity contribution in [2.24, 2.45) is 11.7 Å². The van der Waals surface area contributed by atoms with E-state index < -0.39 is 10.0 Å². The SMILES string of the molecule is Cl.NC(CNC(=O)c1ccccc1S(=O)(=O)N1CCCCC1)C1CC1. The highest BCUT2D eigenvalue weighted by atomic mass is 35.5. The molecule has 2 fully saturated rings. The van der Waals surface area contributed by atoms with Crippen molar-refractivity contribution in [1.82, 2.24) is 9.62 Å². The summed E-state index contributed by atoms with van der Waals surface area (Å²) >= 11 is 0. The molecule has 25 heavy (non-hydrogen) atoms. The predicted octanol–water partition coefficient (Wildman–Crippen LogP) is 1.75. The molecule has 1 atom stereocenters. The fraction of sp³-hybridized carbons (Fsp3) is 0.588. The van der Waals surface area contributed by atoms with E-state index in [0.717, 1.165) is 32.1 Å². The molecular formula is C17H26ClN3O3S. The van der Waals surface area contributed by atoms with E-state index in [2.05, 4.69) is 5.32 Å². The summed E-state index contributed by atoms with van der Waals surface area (Å²) < 4.78 is 27.3. The molecule has 1 aliphatic heterocycles. The minimum absolute atomic E-state index is 0. The monoisotopic (exact) mass is 387 g/mol. The number of carbonyl (C=O) groups excluding carboxylic acids is 1.